The summed E-state index contributed by atoms with van der Waals surface area (Å²) in [5, 5.41) is 11.5. The SMILES string of the molecule is CCOC(=O)Oc1cc(C(=O)NC2CCN(C(C)C)CC2)n(Cc2cc(-c3ccc(Cl)s3)on2)n1. The molecule has 1 aliphatic rings. The van der Waals surface area contributed by atoms with Crippen LogP contribution in [0.15, 0.2) is 28.8 Å². The summed E-state index contributed by atoms with van der Waals surface area (Å²) in [6.45, 7) is 8.17. The smallest absolute Gasteiger partial charge is 0.434 e. The fourth-order valence-corrected chi connectivity index (χ4v) is 4.89. The molecule has 1 saturated heterocycles. The molecule has 0 atom stereocenters. The Kier molecular flexibility index (Phi) is 8.09. The Morgan fingerprint density at radius 3 is 2.71 bits per heavy atom. The summed E-state index contributed by atoms with van der Waals surface area (Å²) >= 11 is 7.39. The van der Waals surface area contributed by atoms with Crippen molar-refractivity contribution in [2.24, 2.45) is 0 Å². The Morgan fingerprint density at radius 2 is 2.06 bits per heavy atom. The van der Waals surface area contributed by atoms with E-state index in [-0.39, 0.29) is 36.7 Å². The van der Waals surface area contributed by atoms with Gasteiger partial charge in [0.25, 0.3) is 5.91 Å². The molecule has 3 aromatic rings. The summed E-state index contributed by atoms with van der Waals surface area (Å²) in [5.74, 6) is 0.236. The molecule has 0 bridgehead atoms. The van der Waals surface area contributed by atoms with Crippen molar-refractivity contribution in [2.75, 3.05) is 19.7 Å². The van der Waals surface area contributed by atoms with Crippen molar-refractivity contribution in [3.63, 3.8) is 0 Å². The molecule has 1 aliphatic heterocycles. The Hall–Kier alpha value is -2.89. The maximum absolute atomic E-state index is 13.2. The molecule has 4 heterocycles. The molecule has 12 heteroatoms. The van der Waals surface area contributed by atoms with Gasteiger partial charge in [-0.3, -0.25) is 4.79 Å². The second kappa shape index (κ2) is 11.2. The van der Waals surface area contributed by atoms with Crippen LogP contribution in [-0.2, 0) is 11.3 Å². The Labute approximate surface area is 212 Å². The second-order valence-electron chi connectivity index (χ2n) is 8.47. The van der Waals surface area contributed by atoms with E-state index in [4.69, 9.17) is 25.6 Å². The number of likely N-dealkylation sites (tertiary alicyclic amines) is 1. The van der Waals surface area contributed by atoms with Crippen LogP contribution < -0.4 is 10.1 Å². The third-order valence-electron chi connectivity index (χ3n) is 5.72. The lowest BCUT2D eigenvalue weighted by Gasteiger charge is -2.34. The molecule has 0 spiro atoms. The largest absolute Gasteiger partial charge is 0.515 e. The number of carbonyl (C=O) groups is 2. The third-order valence-corrected chi connectivity index (χ3v) is 6.97. The van der Waals surface area contributed by atoms with Crippen LogP contribution in [0.4, 0.5) is 4.79 Å². The standard InChI is InChI=1S/C23H28ClN5O5S/c1-4-32-23(31)33-21-12-17(22(30)25-15-7-9-28(10-8-15)14(2)3)29(26-21)13-16-11-18(34-27-16)19-5-6-20(24)35-19/h5-6,11-12,14-15H,4,7-10,13H2,1-3H3,(H,25,30). The molecule has 1 amide bonds. The van der Waals surface area contributed by atoms with Gasteiger partial charge in [-0.25, -0.2) is 9.48 Å². The van der Waals surface area contributed by atoms with Crippen molar-refractivity contribution < 1.29 is 23.6 Å². The minimum Gasteiger partial charge on any atom is -0.434 e. The number of halogens is 1. The Balaban J connectivity index is 1.50. The van der Waals surface area contributed by atoms with E-state index in [0.717, 1.165) is 30.8 Å². The van der Waals surface area contributed by atoms with Gasteiger partial charge in [0.05, 0.1) is 22.4 Å². The normalized spacial score (nSPS) is 14.9. The van der Waals surface area contributed by atoms with E-state index in [2.05, 4.69) is 34.3 Å². The van der Waals surface area contributed by atoms with Gasteiger partial charge in [-0.05, 0) is 45.7 Å². The summed E-state index contributed by atoms with van der Waals surface area (Å²) in [7, 11) is 0. The van der Waals surface area contributed by atoms with Gasteiger partial charge in [0.15, 0.2) is 5.76 Å². The zero-order valence-corrected chi connectivity index (χ0v) is 21.4. The number of carbonyl (C=O) groups excluding carboxylic acids is 2. The van der Waals surface area contributed by atoms with Gasteiger partial charge < -0.3 is 24.2 Å². The molecule has 4 rings (SSSR count). The van der Waals surface area contributed by atoms with E-state index < -0.39 is 6.16 Å². The van der Waals surface area contributed by atoms with E-state index in [0.29, 0.717) is 21.8 Å². The topological polar surface area (TPSA) is 112 Å². The van der Waals surface area contributed by atoms with Crippen LogP contribution in [0.1, 0.15) is 49.8 Å². The van der Waals surface area contributed by atoms with Crippen LogP contribution >= 0.6 is 22.9 Å². The predicted molar refractivity (Wildman–Crippen MR) is 131 cm³/mol. The number of hydrogen-bond donors (Lipinski definition) is 1. The summed E-state index contributed by atoms with van der Waals surface area (Å²) < 4.78 is 17.5. The van der Waals surface area contributed by atoms with Crippen LogP contribution in [0.2, 0.25) is 4.34 Å². The lowest BCUT2D eigenvalue weighted by molar-refractivity contribution is 0.0889. The van der Waals surface area contributed by atoms with Crippen molar-refractivity contribution in [3.8, 4) is 16.5 Å². The maximum atomic E-state index is 13.2. The number of rotatable bonds is 8. The zero-order valence-electron chi connectivity index (χ0n) is 19.8. The zero-order chi connectivity index (χ0) is 24.9. The van der Waals surface area contributed by atoms with Crippen molar-refractivity contribution in [1.29, 1.82) is 0 Å². The van der Waals surface area contributed by atoms with E-state index >= 15 is 0 Å². The number of amides is 1. The molecule has 10 nitrogen and oxygen atoms in total. The highest BCUT2D eigenvalue weighted by Gasteiger charge is 2.25. The van der Waals surface area contributed by atoms with Gasteiger partial charge in [-0.15, -0.1) is 16.4 Å². The summed E-state index contributed by atoms with van der Waals surface area (Å²) in [4.78, 5) is 28.2. The first-order chi connectivity index (χ1) is 16.8. The molecule has 1 fully saturated rings. The minimum atomic E-state index is -0.886. The average Bonchev–Trinajstić information content (AvgIpc) is 3.55. The summed E-state index contributed by atoms with van der Waals surface area (Å²) in [5.41, 5.74) is 0.800. The van der Waals surface area contributed by atoms with E-state index in [1.165, 1.54) is 22.1 Å². The molecule has 3 aromatic heterocycles. The first-order valence-electron chi connectivity index (χ1n) is 11.5. The monoisotopic (exact) mass is 521 g/mol. The van der Waals surface area contributed by atoms with Crippen LogP contribution in [0.25, 0.3) is 10.6 Å². The first kappa shape index (κ1) is 25.2. The quantitative estimate of drug-likeness (QED) is 0.433. The Bertz CT molecular complexity index is 1160. The number of aromatic nitrogens is 3. The van der Waals surface area contributed by atoms with Gasteiger partial charge in [-0.1, -0.05) is 16.8 Å². The molecule has 35 heavy (non-hydrogen) atoms. The Morgan fingerprint density at radius 1 is 1.29 bits per heavy atom. The molecule has 0 aliphatic carbocycles. The van der Waals surface area contributed by atoms with E-state index in [9.17, 15) is 9.59 Å². The summed E-state index contributed by atoms with van der Waals surface area (Å²) in [6.07, 6.45) is 0.837. The van der Waals surface area contributed by atoms with E-state index in [1.807, 2.05) is 6.07 Å². The number of nitrogens with zero attached hydrogens (tertiary/aromatic N) is 4. The molecule has 188 valence electrons. The fraction of sp³-hybridized carbons (Fsp3) is 0.478. The highest BCUT2D eigenvalue weighted by atomic mass is 35.5. The molecule has 0 saturated carbocycles. The summed E-state index contributed by atoms with van der Waals surface area (Å²) in [6, 6.07) is 7.35. The second-order valence-corrected chi connectivity index (χ2v) is 10.2. The van der Waals surface area contributed by atoms with Crippen LogP contribution in [0, 0.1) is 0 Å². The van der Waals surface area contributed by atoms with Crippen molar-refractivity contribution in [2.45, 2.75) is 52.2 Å². The maximum Gasteiger partial charge on any atom is 0.515 e. The highest BCUT2D eigenvalue weighted by molar-refractivity contribution is 7.19. The number of piperidine rings is 1. The number of nitrogens with one attached hydrogen (secondary N) is 1. The van der Waals surface area contributed by atoms with Gasteiger partial charge >= 0.3 is 6.16 Å². The minimum absolute atomic E-state index is 0.0306. The van der Waals surface area contributed by atoms with Gasteiger partial charge in [0, 0.05) is 37.3 Å². The van der Waals surface area contributed by atoms with Gasteiger partial charge in [-0.2, -0.15) is 0 Å². The fourth-order valence-electron chi connectivity index (χ4n) is 3.90. The highest BCUT2D eigenvalue weighted by Crippen LogP contribution is 2.31. The van der Waals surface area contributed by atoms with Crippen molar-refractivity contribution >= 4 is 35.0 Å². The molecule has 1 N–H and O–H groups in total. The number of hydrogen-bond acceptors (Lipinski definition) is 9. The van der Waals surface area contributed by atoms with E-state index in [1.54, 1.807) is 19.1 Å². The predicted octanol–water partition coefficient (Wildman–Crippen LogP) is 4.44. The van der Waals surface area contributed by atoms with Crippen LogP contribution in [0.5, 0.6) is 5.88 Å². The average molecular weight is 522 g/mol. The van der Waals surface area contributed by atoms with Gasteiger partial charge in [0.1, 0.15) is 11.4 Å². The molecule has 0 radical (unpaired) electrons. The number of ether oxygens (including phenoxy) is 2. The van der Waals surface area contributed by atoms with Crippen LogP contribution in [0.3, 0.4) is 0 Å². The van der Waals surface area contributed by atoms with Crippen molar-refractivity contribution in [1.82, 2.24) is 25.2 Å². The first-order valence-corrected chi connectivity index (χ1v) is 12.7. The molecular formula is C23H28ClN5O5S. The van der Waals surface area contributed by atoms with Crippen molar-refractivity contribution in [3.05, 3.63) is 40.0 Å². The molecule has 0 aromatic carbocycles. The lowest BCUT2D eigenvalue weighted by atomic mass is 10.0. The molecular weight excluding hydrogens is 494 g/mol. The third kappa shape index (κ3) is 6.41. The van der Waals surface area contributed by atoms with Crippen LogP contribution in [-0.4, -0.2) is 63.7 Å². The van der Waals surface area contributed by atoms with Gasteiger partial charge in [0.2, 0.25) is 5.88 Å². The lowest BCUT2D eigenvalue weighted by Crippen LogP contribution is -2.46. The molecule has 0 unspecified atom stereocenters. The number of thiophene rings is 1.